The molecule has 28 heavy (non-hydrogen) atoms. The molecule has 1 saturated heterocycles. The zero-order valence-electron chi connectivity index (χ0n) is 18.0. The minimum absolute atomic E-state index is 0.150. The van der Waals surface area contributed by atoms with Crippen LogP contribution in [0.1, 0.15) is 58.6 Å². The van der Waals surface area contributed by atoms with Crippen molar-refractivity contribution in [3.05, 3.63) is 11.6 Å². The van der Waals surface area contributed by atoms with Crippen LogP contribution in [-0.2, 0) is 24.2 Å². The van der Waals surface area contributed by atoms with E-state index in [1.165, 1.54) is 19.3 Å². The Labute approximate surface area is 168 Å². The van der Waals surface area contributed by atoms with Gasteiger partial charge in [-0.25, -0.2) is 0 Å². The molecule has 8 heteroatoms. The molecule has 0 unspecified atom stereocenters. The van der Waals surface area contributed by atoms with E-state index in [9.17, 15) is 4.79 Å². The molecule has 0 atom stereocenters. The van der Waals surface area contributed by atoms with Gasteiger partial charge >= 0.3 is 0 Å². The Bertz CT molecular complexity index is 722. The summed E-state index contributed by atoms with van der Waals surface area (Å²) in [5.74, 6) is 3.09. The summed E-state index contributed by atoms with van der Waals surface area (Å²) < 4.78 is 2.28. The van der Waals surface area contributed by atoms with E-state index in [0.29, 0.717) is 6.54 Å². The second-order valence-corrected chi connectivity index (χ2v) is 8.74. The molecule has 0 aromatic carbocycles. The lowest BCUT2D eigenvalue weighted by Crippen LogP contribution is -2.66. The highest BCUT2D eigenvalue weighted by atomic mass is 16.2. The van der Waals surface area contributed by atoms with Crippen LogP contribution in [0.3, 0.4) is 0 Å². The average molecular weight is 390 g/mol. The molecular formula is C20H35N7O. The number of hydrogen-bond acceptors (Lipinski definition) is 4. The Morgan fingerprint density at radius 1 is 1.25 bits per heavy atom. The van der Waals surface area contributed by atoms with E-state index < -0.39 is 0 Å². The molecule has 1 fully saturated rings. The fourth-order valence-corrected chi connectivity index (χ4v) is 4.66. The predicted molar refractivity (Wildman–Crippen MR) is 110 cm³/mol. The first-order chi connectivity index (χ1) is 13.3. The van der Waals surface area contributed by atoms with Crippen molar-refractivity contribution in [3.8, 4) is 0 Å². The van der Waals surface area contributed by atoms with Crippen molar-refractivity contribution >= 4 is 11.9 Å². The number of piperazine rings is 1. The maximum absolute atomic E-state index is 12.7. The second kappa shape index (κ2) is 8.49. The number of aromatic nitrogens is 3. The van der Waals surface area contributed by atoms with Crippen LogP contribution in [0.5, 0.6) is 0 Å². The number of hydrogen-bond donors (Lipinski definition) is 1. The number of carbonyl (C=O) groups excluding carboxylic acids is 1. The molecular weight excluding hydrogens is 354 g/mol. The molecule has 1 amide bonds. The van der Waals surface area contributed by atoms with Gasteiger partial charge in [-0.1, -0.05) is 6.42 Å². The van der Waals surface area contributed by atoms with Crippen LogP contribution in [0.25, 0.3) is 0 Å². The summed E-state index contributed by atoms with van der Waals surface area (Å²) in [7, 11) is 1.78. The Morgan fingerprint density at radius 3 is 2.71 bits per heavy atom. The number of aryl methyl sites for hydroxylation is 1. The number of amides is 1. The van der Waals surface area contributed by atoms with Gasteiger partial charge in [-0.15, -0.1) is 10.2 Å². The summed E-state index contributed by atoms with van der Waals surface area (Å²) in [5.41, 5.74) is -0.231. The van der Waals surface area contributed by atoms with Gasteiger partial charge in [0, 0.05) is 45.6 Å². The number of rotatable bonds is 4. The Balaban J connectivity index is 1.60. The fraction of sp³-hybridized carbons (Fsp3) is 0.800. The molecule has 2 aliphatic rings. The topological polar surface area (TPSA) is 78.6 Å². The second-order valence-electron chi connectivity index (χ2n) is 8.74. The lowest BCUT2D eigenvalue weighted by Gasteiger charge is -2.49. The molecule has 1 N–H and O–H groups in total. The van der Waals surface area contributed by atoms with E-state index in [2.05, 4.69) is 57.7 Å². The number of nitrogens with one attached hydrogen (secondary N) is 1. The van der Waals surface area contributed by atoms with Crippen LogP contribution in [0.4, 0.5) is 0 Å². The maximum atomic E-state index is 12.7. The summed E-state index contributed by atoms with van der Waals surface area (Å²) in [6, 6.07) is 0.197. The maximum Gasteiger partial charge on any atom is 0.242 e. The van der Waals surface area contributed by atoms with Gasteiger partial charge in [0.15, 0.2) is 5.96 Å². The van der Waals surface area contributed by atoms with Crippen LogP contribution < -0.4 is 5.32 Å². The molecule has 2 aliphatic heterocycles. The number of fused-ring (bicyclic) bond motifs is 1. The molecule has 0 saturated carbocycles. The minimum atomic E-state index is -0.231. The highest BCUT2D eigenvalue weighted by molar-refractivity contribution is 5.88. The first kappa shape index (κ1) is 20.6. The van der Waals surface area contributed by atoms with Gasteiger partial charge in [0.2, 0.25) is 5.91 Å². The number of aliphatic imine (C=N–C) groups is 1. The first-order valence-electron chi connectivity index (χ1n) is 10.5. The number of nitrogens with zero attached hydrogens (tertiary/aromatic N) is 6. The summed E-state index contributed by atoms with van der Waals surface area (Å²) in [6.07, 6.45) is 5.49. The zero-order valence-corrected chi connectivity index (χ0v) is 18.0. The van der Waals surface area contributed by atoms with E-state index in [-0.39, 0.29) is 17.5 Å². The van der Waals surface area contributed by atoms with Crippen molar-refractivity contribution in [3.63, 3.8) is 0 Å². The van der Waals surface area contributed by atoms with E-state index in [0.717, 1.165) is 50.1 Å². The Hall–Kier alpha value is -2.12. The van der Waals surface area contributed by atoms with Gasteiger partial charge in [0.25, 0.3) is 0 Å². The largest absolute Gasteiger partial charge is 0.356 e. The molecule has 0 aliphatic carbocycles. The molecule has 0 spiro atoms. The third-order valence-electron chi connectivity index (χ3n) is 5.67. The van der Waals surface area contributed by atoms with E-state index in [4.69, 9.17) is 0 Å². The highest BCUT2D eigenvalue weighted by Crippen LogP contribution is 2.24. The van der Waals surface area contributed by atoms with Crippen LogP contribution in [0.15, 0.2) is 4.99 Å². The molecule has 1 aromatic heterocycles. The third-order valence-corrected chi connectivity index (χ3v) is 5.67. The molecule has 3 rings (SSSR count). The smallest absolute Gasteiger partial charge is 0.242 e. The quantitative estimate of drug-likeness (QED) is 0.623. The van der Waals surface area contributed by atoms with Crippen molar-refractivity contribution in [1.29, 1.82) is 0 Å². The zero-order chi connectivity index (χ0) is 20.3. The molecule has 3 heterocycles. The molecule has 1 aromatic rings. The van der Waals surface area contributed by atoms with Gasteiger partial charge in [-0.05, 0) is 40.5 Å². The van der Waals surface area contributed by atoms with Crippen LogP contribution in [-0.4, -0.2) is 74.7 Å². The van der Waals surface area contributed by atoms with E-state index >= 15 is 0 Å². The van der Waals surface area contributed by atoms with Gasteiger partial charge in [-0.3, -0.25) is 9.79 Å². The Kier molecular flexibility index (Phi) is 6.25. The molecule has 0 bridgehead atoms. The first-order valence-corrected chi connectivity index (χ1v) is 10.5. The monoisotopic (exact) mass is 389 g/mol. The minimum Gasteiger partial charge on any atom is -0.356 e. The molecule has 0 radical (unpaired) electrons. The van der Waals surface area contributed by atoms with Crippen molar-refractivity contribution in [2.45, 2.75) is 77.9 Å². The molecule has 156 valence electrons. The van der Waals surface area contributed by atoms with Crippen molar-refractivity contribution < 1.29 is 4.79 Å². The average Bonchev–Trinajstić information content (AvgIpc) is 2.83. The summed E-state index contributed by atoms with van der Waals surface area (Å²) in [6.45, 7) is 11.3. The molecule has 8 nitrogen and oxygen atoms in total. The lowest BCUT2D eigenvalue weighted by atomic mass is 9.96. The predicted octanol–water partition coefficient (Wildman–Crippen LogP) is 1.45. The van der Waals surface area contributed by atoms with Gasteiger partial charge in [-0.2, -0.15) is 0 Å². The number of carbonyl (C=O) groups is 1. The number of guanidine groups is 1. The summed E-state index contributed by atoms with van der Waals surface area (Å²) >= 11 is 0. The standard InChI is InChI=1S/C20H35N7O/c1-15(2)27-18(28)13-25(14-20(27,3)4)19(21-5)22-11-10-17-24-23-16-9-7-6-8-12-26(16)17/h15H,6-14H2,1-5H3,(H,21,22). The van der Waals surface area contributed by atoms with Crippen LogP contribution in [0.2, 0.25) is 0 Å². The van der Waals surface area contributed by atoms with Crippen molar-refractivity contribution in [2.75, 3.05) is 26.7 Å². The van der Waals surface area contributed by atoms with Crippen LogP contribution in [0, 0.1) is 0 Å². The van der Waals surface area contributed by atoms with Gasteiger partial charge in [0.1, 0.15) is 11.6 Å². The van der Waals surface area contributed by atoms with Gasteiger partial charge < -0.3 is 19.7 Å². The van der Waals surface area contributed by atoms with Gasteiger partial charge in [0.05, 0.1) is 12.1 Å². The van der Waals surface area contributed by atoms with Crippen molar-refractivity contribution in [1.82, 2.24) is 29.9 Å². The SMILES string of the molecule is CN=C(NCCc1nnc2n1CCCCC2)N1CC(=O)N(C(C)C)C(C)(C)C1. The summed E-state index contributed by atoms with van der Waals surface area (Å²) in [4.78, 5) is 21.2. The van der Waals surface area contributed by atoms with Crippen LogP contribution >= 0.6 is 0 Å². The van der Waals surface area contributed by atoms with E-state index in [1.807, 2.05) is 4.90 Å². The lowest BCUT2D eigenvalue weighted by molar-refractivity contribution is -0.145. The van der Waals surface area contributed by atoms with E-state index in [1.54, 1.807) is 7.05 Å². The van der Waals surface area contributed by atoms with Crippen molar-refractivity contribution in [2.24, 2.45) is 4.99 Å². The normalized spacial score (nSPS) is 20.4. The third kappa shape index (κ3) is 4.31. The Morgan fingerprint density at radius 2 is 2.04 bits per heavy atom. The highest BCUT2D eigenvalue weighted by Gasteiger charge is 2.40. The fourth-order valence-electron chi connectivity index (χ4n) is 4.66. The summed E-state index contributed by atoms with van der Waals surface area (Å²) in [5, 5.41) is 12.2.